The highest BCUT2D eigenvalue weighted by Gasteiger charge is 2.36. The summed E-state index contributed by atoms with van der Waals surface area (Å²) in [4.78, 5) is 10.5. The van der Waals surface area contributed by atoms with Crippen molar-refractivity contribution in [2.24, 2.45) is 9.98 Å². The fraction of sp³-hybridized carbons (Fsp3) is 0.0741. The average Bonchev–Trinajstić information content (AvgIpc) is 3.91. The van der Waals surface area contributed by atoms with E-state index in [0.29, 0.717) is 0 Å². The van der Waals surface area contributed by atoms with Crippen molar-refractivity contribution in [3.05, 3.63) is 210 Å². The van der Waals surface area contributed by atoms with Crippen LogP contribution in [0.5, 0.6) is 0 Å². The van der Waals surface area contributed by atoms with Gasteiger partial charge in [-0.1, -0.05) is 141 Å². The molecule has 0 saturated heterocycles. The smallest absolute Gasteiger partial charge is 0.170 e. The first-order valence-electron chi connectivity index (χ1n) is 20.3. The van der Waals surface area contributed by atoms with Crippen molar-refractivity contribution in [3.63, 3.8) is 0 Å². The van der Waals surface area contributed by atoms with E-state index in [2.05, 4.69) is 157 Å². The van der Waals surface area contributed by atoms with Crippen LogP contribution in [-0.2, 0) is 5.41 Å². The third-order valence-corrected chi connectivity index (χ3v) is 12.5. The molecule has 3 heterocycles. The lowest BCUT2D eigenvalue weighted by atomic mass is 9.82. The van der Waals surface area contributed by atoms with Crippen molar-refractivity contribution in [1.82, 2.24) is 9.88 Å². The molecule has 280 valence electrons. The SMILES string of the molecule is CC1(C)c2ccccc2-c2cc3c4cc(-c5ccc6oc7cccc(C8N=C(c9ccccc9)NC(c9ccccc9)=N8)c7c6c5)ccc4n(-c4ccccc4)c3cc21. The molecule has 0 unspecified atom stereocenters. The van der Waals surface area contributed by atoms with E-state index in [9.17, 15) is 0 Å². The maximum atomic E-state index is 6.55. The number of hydrogen-bond donors (Lipinski definition) is 1. The first kappa shape index (κ1) is 33.6. The summed E-state index contributed by atoms with van der Waals surface area (Å²) >= 11 is 0. The number of rotatable bonds is 5. The van der Waals surface area contributed by atoms with Gasteiger partial charge in [0, 0.05) is 49.3 Å². The number of fused-ring (bicyclic) bond motifs is 9. The van der Waals surface area contributed by atoms with Gasteiger partial charge in [-0.25, -0.2) is 9.98 Å². The number of amidine groups is 2. The molecule has 5 heteroatoms. The zero-order chi connectivity index (χ0) is 39.2. The molecule has 0 radical (unpaired) electrons. The van der Waals surface area contributed by atoms with E-state index in [4.69, 9.17) is 14.4 Å². The van der Waals surface area contributed by atoms with E-state index < -0.39 is 6.17 Å². The molecular formula is C54H38N4O. The lowest BCUT2D eigenvalue weighted by Crippen LogP contribution is -2.36. The minimum atomic E-state index is -0.480. The van der Waals surface area contributed by atoms with Gasteiger partial charge in [0.05, 0.1) is 11.0 Å². The highest BCUT2D eigenvalue weighted by atomic mass is 16.3. The van der Waals surface area contributed by atoms with Crippen molar-refractivity contribution < 1.29 is 4.42 Å². The van der Waals surface area contributed by atoms with Crippen LogP contribution in [0.25, 0.3) is 71.7 Å². The van der Waals surface area contributed by atoms with Crippen LogP contribution in [0.15, 0.2) is 196 Å². The molecule has 2 aliphatic rings. The molecule has 10 aromatic rings. The van der Waals surface area contributed by atoms with E-state index in [1.54, 1.807) is 0 Å². The molecule has 1 aliphatic heterocycles. The van der Waals surface area contributed by atoms with E-state index >= 15 is 0 Å². The first-order valence-corrected chi connectivity index (χ1v) is 20.3. The Hall–Kier alpha value is -7.50. The van der Waals surface area contributed by atoms with Crippen LogP contribution in [-0.4, -0.2) is 16.2 Å². The van der Waals surface area contributed by atoms with Gasteiger partial charge in [0.25, 0.3) is 0 Å². The summed E-state index contributed by atoms with van der Waals surface area (Å²) in [6.45, 7) is 4.71. The molecule has 0 spiro atoms. The second kappa shape index (κ2) is 12.8. The Morgan fingerprint density at radius 1 is 0.492 bits per heavy atom. The summed E-state index contributed by atoms with van der Waals surface area (Å²) < 4.78 is 8.98. The molecule has 8 aromatic carbocycles. The van der Waals surface area contributed by atoms with E-state index in [1.165, 1.54) is 44.1 Å². The Labute approximate surface area is 341 Å². The number of para-hydroxylation sites is 1. The van der Waals surface area contributed by atoms with Crippen LogP contribution in [0.1, 0.15) is 47.8 Å². The minimum Gasteiger partial charge on any atom is -0.456 e. The molecule has 2 aromatic heterocycles. The van der Waals surface area contributed by atoms with Crippen LogP contribution >= 0.6 is 0 Å². The predicted octanol–water partition coefficient (Wildman–Crippen LogP) is 13.2. The molecule has 0 amide bonds. The van der Waals surface area contributed by atoms with Crippen LogP contribution in [0.3, 0.4) is 0 Å². The monoisotopic (exact) mass is 758 g/mol. The number of benzene rings is 8. The van der Waals surface area contributed by atoms with E-state index in [0.717, 1.165) is 67.1 Å². The normalized spacial score (nSPS) is 14.7. The number of furan rings is 1. The second-order valence-corrected chi connectivity index (χ2v) is 16.2. The van der Waals surface area contributed by atoms with Crippen LogP contribution in [0.2, 0.25) is 0 Å². The standard InChI is InChI=1S/C54H38N4O/c1-54(2)44-23-13-12-21-38(44)40-31-42-41-29-35(25-27-46(41)58(47(42)32-45(40)54)37-19-10-5-11-20-37)36-26-28-48-43(30-36)50-39(22-14-24-49(50)59-48)53-56-51(33-15-6-3-7-16-33)55-52(57-53)34-17-8-4-9-18-34/h3-32,53H,1-2H3,(H,55,56,57). The molecule has 0 saturated carbocycles. The Balaban J connectivity index is 1.04. The number of hydrogen-bond acceptors (Lipinski definition) is 4. The summed E-state index contributed by atoms with van der Waals surface area (Å²) in [5.41, 5.74) is 15.8. The fourth-order valence-corrected chi connectivity index (χ4v) is 9.57. The molecule has 0 atom stereocenters. The molecule has 1 N–H and O–H groups in total. The maximum Gasteiger partial charge on any atom is 0.170 e. The zero-order valence-electron chi connectivity index (χ0n) is 32.6. The van der Waals surface area contributed by atoms with Gasteiger partial charge in [-0.05, 0) is 88.0 Å². The van der Waals surface area contributed by atoms with Gasteiger partial charge in [-0.2, -0.15) is 0 Å². The van der Waals surface area contributed by atoms with Crippen molar-refractivity contribution in [3.8, 4) is 27.9 Å². The van der Waals surface area contributed by atoms with Gasteiger partial charge in [-0.3, -0.25) is 0 Å². The van der Waals surface area contributed by atoms with Crippen LogP contribution in [0, 0.1) is 0 Å². The Morgan fingerprint density at radius 2 is 1.12 bits per heavy atom. The molecule has 12 rings (SSSR count). The summed E-state index contributed by atoms with van der Waals surface area (Å²) in [6, 6.07) is 64.8. The number of nitrogens with one attached hydrogen (secondary N) is 1. The van der Waals surface area contributed by atoms with Crippen molar-refractivity contribution in [2.45, 2.75) is 25.4 Å². The van der Waals surface area contributed by atoms with Crippen LogP contribution in [0.4, 0.5) is 0 Å². The van der Waals surface area contributed by atoms with Gasteiger partial charge < -0.3 is 14.3 Å². The first-order chi connectivity index (χ1) is 29.0. The van der Waals surface area contributed by atoms with Gasteiger partial charge in [-0.15, -0.1) is 0 Å². The molecule has 5 nitrogen and oxygen atoms in total. The third kappa shape index (κ3) is 5.18. The summed E-state index contributed by atoms with van der Waals surface area (Å²) in [6.07, 6.45) is -0.480. The molecule has 0 bridgehead atoms. The average molecular weight is 759 g/mol. The fourth-order valence-electron chi connectivity index (χ4n) is 9.57. The maximum absolute atomic E-state index is 6.55. The Kier molecular flexibility index (Phi) is 7.27. The van der Waals surface area contributed by atoms with Crippen molar-refractivity contribution in [1.29, 1.82) is 0 Å². The van der Waals surface area contributed by atoms with Gasteiger partial charge in [0.1, 0.15) is 22.8 Å². The lowest BCUT2D eigenvalue weighted by Gasteiger charge is -2.22. The number of nitrogens with zero attached hydrogens (tertiary/aromatic N) is 3. The highest BCUT2D eigenvalue weighted by Crippen LogP contribution is 2.51. The third-order valence-electron chi connectivity index (χ3n) is 12.5. The van der Waals surface area contributed by atoms with Gasteiger partial charge in [0.15, 0.2) is 6.17 Å². The molecule has 0 fully saturated rings. The topological polar surface area (TPSA) is 54.8 Å². The van der Waals surface area contributed by atoms with Crippen LogP contribution < -0.4 is 5.32 Å². The lowest BCUT2D eigenvalue weighted by molar-refractivity contribution is 0.661. The minimum absolute atomic E-state index is 0.0954. The largest absolute Gasteiger partial charge is 0.456 e. The van der Waals surface area contributed by atoms with Crippen molar-refractivity contribution >= 4 is 55.4 Å². The Bertz CT molecular complexity index is 3320. The van der Waals surface area contributed by atoms with Gasteiger partial charge >= 0.3 is 0 Å². The second-order valence-electron chi connectivity index (χ2n) is 16.2. The summed E-state index contributed by atoms with van der Waals surface area (Å²) in [7, 11) is 0. The Morgan fingerprint density at radius 3 is 1.85 bits per heavy atom. The number of aliphatic imine (C=N–C) groups is 2. The van der Waals surface area contributed by atoms with E-state index in [-0.39, 0.29) is 5.41 Å². The summed E-state index contributed by atoms with van der Waals surface area (Å²) in [5, 5.41) is 8.08. The molecular weight excluding hydrogens is 721 g/mol. The summed E-state index contributed by atoms with van der Waals surface area (Å²) in [5.74, 6) is 1.58. The van der Waals surface area contributed by atoms with Gasteiger partial charge in [0.2, 0.25) is 0 Å². The number of aromatic nitrogens is 1. The molecule has 59 heavy (non-hydrogen) atoms. The van der Waals surface area contributed by atoms with Crippen molar-refractivity contribution in [2.75, 3.05) is 0 Å². The zero-order valence-corrected chi connectivity index (χ0v) is 32.6. The van der Waals surface area contributed by atoms with E-state index in [1.807, 2.05) is 48.5 Å². The quantitative estimate of drug-likeness (QED) is 0.190. The highest BCUT2D eigenvalue weighted by molar-refractivity contribution is 6.17. The predicted molar refractivity (Wildman–Crippen MR) is 243 cm³/mol. The molecule has 1 aliphatic carbocycles.